The Balaban J connectivity index is 1.73. The average molecular weight is 406 g/mol. The van der Waals surface area contributed by atoms with Crippen molar-refractivity contribution in [3.05, 3.63) is 48.5 Å². The lowest BCUT2D eigenvalue weighted by Gasteiger charge is -2.20. The van der Waals surface area contributed by atoms with Gasteiger partial charge < -0.3 is 15.0 Å². The zero-order valence-electron chi connectivity index (χ0n) is 15.2. The second-order valence-electron chi connectivity index (χ2n) is 6.17. The quantitative estimate of drug-likeness (QED) is 0.693. The molecule has 0 bridgehead atoms. The molecule has 0 saturated carbocycles. The molecular weight excluding hydrogens is 386 g/mol. The van der Waals surface area contributed by atoms with Gasteiger partial charge in [0.05, 0.1) is 23.9 Å². The highest BCUT2D eigenvalue weighted by Crippen LogP contribution is 2.35. The van der Waals surface area contributed by atoms with Crippen LogP contribution in [0.1, 0.15) is 13.3 Å². The standard InChI is InChI=1S/C20H20F2N2O3S/c1-2-27-16-9-5-4-8-15(16)24-12-13(11-18(24)25)19(26)23-14-7-3-6-10-17(14)28-20(21)22/h3-10,13,20H,2,11-12H2,1H3,(H,23,26). The van der Waals surface area contributed by atoms with Crippen molar-refractivity contribution in [1.29, 1.82) is 0 Å². The van der Waals surface area contributed by atoms with Crippen LogP contribution in [-0.4, -0.2) is 30.7 Å². The van der Waals surface area contributed by atoms with Gasteiger partial charge in [-0.25, -0.2) is 0 Å². The first kappa shape index (κ1) is 20.1. The molecule has 0 spiro atoms. The number of benzene rings is 2. The molecule has 1 fully saturated rings. The van der Waals surface area contributed by atoms with Gasteiger partial charge in [-0.15, -0.1) is 0 Å². The summed E-state index contributed by atoms with van der Waals surface area (Å²) in [5.41, 5.74) is 0.941. The molecule has 2 aromatic rings. The van der Waals surface area contributed by atoms with E-state index in [1.165, 1.54) is 11.0 Å². The molecule has 1 unspecified atom stereocenters. The normalized spacial score (nSPS) is 16.5. The van der Waals surface area contributed by atoms with Gasteiger partial charge in [0.1, 0.15) is 5.75 Å². The summed E-state index contributed by atoms with van der Waals surface area (Å²) in [6.07, 6.45) is 0.0520. The first-order chi connectivity index (χ1) is 13.5. The molecule has 0 aromatic heterocycles. The largest absolute Gasteiger partial charge is 0.492 e. The summed E-state index contributed by atoms with van der Waals surface area (Å²) >= 11 is 0.373. The molecule has 2 amide bonds. The van der Waals surface area contributed by atoms with Gasteiger partial charge in [-0.3, -0.25) is 9.59 Å². The van der Waals surface area contributed by atoms with E-state index >= 15 is 0 Å². The predicted molar refractivity (Wildman–Crippen MR) is 105 cm³/mol. The van der Waals surface area contributed by atoms with Crippen LogP contribution >= 0.6 is 11.8 Å². The number of alkyl halides is 2. The van der Waals surface area contributed by atoms with Gasteiger partial charge in [-0.05, 0) is 31.2 Å². The minimum Gasteiger partial charge on any atom is -0.492 e. The summed E-state index contributed by atoms with van der Waals surface area (Å²) in [5.74, 6) is -3.13. The Kier molecular flexibility index (Phi) is 6.51. The molecule has 8 heteroatoms. The van der Waals surface area contributed by atoms with Crippen LogP contribution in [0.5, 0.6) is 5.75 Å². The van der Waals surface area contributed by atoms with E-state index in [1.807, 2.05) is 13.0 Å². The van der Waals surface area contributed by atoms with Crippen LogP contribution in [0.3, 0.4) is 0 Å². The van der Waals surface area contributed by atoms with Gasteiger partial charge in [0.2, 0.25) is 11.8 Å². The maximum absolute atomic E-state index is 12.7. The number of halogens is 2. The molecule has 2 aromatic carbocycles. The number of thioether (sulfide) groups is 1. The number of para-hydroxylation sites is 3. The maximum Gasteiger partial charge on any atom is 0.288 e. The fraction of sp³-hybridized carbons (Fsp3) is 0.300. The highest BCUT2D eigenvalue weighted by atomic mass is 32.2. The molecule has 0 radical (unpaired) electrons. The molecule has 0 aliphatic carbocycles. The third kappa shape index (κ3) is 4.62. The van der Waals surface area contributed by atoms with Gasteiger partial charge >= 0.3 is 0 Å². The smallest absolute Gasteiger partial charge is 0.288 e. The highest BCUT2D eigenvalue weighted by molar-refractivity contribution is 7.99. The van der Waals surface area contributed by atoms with Crippen molar-refractivity contribution < 1.29 is 23.1 Å². The van der Waals surface area contributed by atoms with Crippen molar-refractivity contribution in [2.45, 2.75) is 24.0 Å². The first-order valence-electron chi connectivity index (χ1n) is 8.86. The lowest BCUT2D eigenvalue weighted by Crippen LogP contribution is -2.28. The fourth-order valence-electron chi connectivity index (χ4n) is 3.08. The summed E-state index contributed by atoms with van der Waals surface area (Å²) in [6, 6.07) is 13.6. The Morgan fingerprint density at radius 2 is 1.96 bits per heavy atom. The summed E-state index contributed by atoms with van der Waals surface area (Å²) < 4.78 is 31.0. The summed E-state index contributed by atoms with van der Waals surface area (Å²) in [7, 11) is 0. The number of carbonyl (C=O) groups is 2. The molecular formula is C20H20F2N2O3S. The molecule has 1 atom stereocenters. The number of anilines is 2. The van der Waals surface area contributed by atoms with Gasteiger partial charge in [0, 0.05) is 17.9 Å². The summed E-state index contributed by atoms with van der Waals surface area (Å²) in [6.45, 7) is 2.52. The fourth-order valence-corrected chi connectivity index (χ4v) is 3.67. The van der Waals surface area contributed by atoms with Gasteiger partial charge in [0.25, 0.3) is 5.76 Å². The second kappa shape index (κ2) is 9.05. The Hall–Kier alpha value is -2.61. The van der Waals surface area contributed by atoms with Crippen molar-refractivity contribution in [2.24, 2.45) is 5.92 Å². The van der Waals surface area contributed by atoms with Gasteiger partial charge in [-0.1, -0.05) is 36.0 Å². The van der Waals surface area contributed by atoms with E-state index in [-0.39, 0.29) is 29.7 Å². The maximum atomic E-state index is 12.7. The monoisotopic (exact) mass is 406 g/mol. The molecule has 3 rings (SSSR count). The van der Waals surface area contributed by atoms with Crippen LogP contribution < -0.4 is 15.0 Å². The van der Waals surface area contributed by atoms with Crippen molar-refractivity contribution in [1.82, 2.24) is 0 Å². The van der Waals surface area contributed by atoms with E-state index in [2.05, 4.69) is 5.32 Å². The molecule has 1 saturated heterocycles. The SMILES string of the molecule is CCOc1ccccc1N1CC(C(=O)Nc2ccccc2SC(F)F)CC1=O. The van der Waals surface area contributed by atoms with Crippen LogP contribution in [-0.2, 0) is 9.59 Å². The Bertz CT molecular complexity index is 863. The lowest BCUT2D eigenvalue weighted by atomic mass is 10.1. The Labute approximate surface area is 166 Å². The van der Waals surface area contributed by atoms with Crippen LogP contribution in [0.4, 0.5) is 20.2 Å². The predicted octanol–water partition coefficient (Wildman–Crippen LogP) is 4.39. The van der Waals surface area contributed by atoms with E-state index in [0.717, 1.165) is 0 Å². The van der Waals surface area contributed by atoms with Gasteiger partial charge in [-0.2, -0.15) is 8.78 Å². The summed E-state index contributed by atoms with van der Waals surface area (Å²) in [5, 5.41) is 2.69. The summed E-state index contributed by atoms with van der Waals surface area (Å²) in [4.78, 5) is 27.0. The molecule has 1 aliphatic heterocycles. The van der Waals surface area contributed by atoms with Crippen molar-refractivity contribution in [3.63, 3.8) is 0 Å². The zero-order chi connectivity index (χ0) is 20.1. The minimum atomic E-state index is -2.59. The number of ether oxygens (including phenoxy) is 1. The molecule has 1 heterocycles. The van der Waals surface area contributed by atoms with Crippen molar-refractivity contribution in [3.8, 4) is 5.75 Å². The Morgan fingerprint density at radius 3 is 2.71 bits per heavy atom. The highest BCUT2D eigenvalue weighted by Gasteiger charge is 2.36. The van der Waals surface area contributed by atoms with Crippen molar-refractivity contribution in [2.75, 3.05) is 23.4 Å². The molecule has 28 heavy (non-hydrogen) atoms. The number of hydrogen-bond acceptors (Lipinski definition) is 4. The number of amides is 2. The third-order valence-corrected chi connectivity index (χ3v) is 5.10. The van der Waals surface area contributed by atoms with E-state index in [0.29, 0.717) is 35.5 Å². The minimum absolute atomic E-state index is 0.0520. The van der Waals surface area contributed by atoms with Crippen LogP contribution in [0, 0.1) is 5.92 Å². The molecule has 1 N–H and O–H groups in total. The number of nitrogens with one attached hydrogen (secondary N) is 1. The van der Waals surface area contributed by atoms with Crippen LogP contribution in [0.25, 0.3) is 0 Å². The van der Waals surface area contributed by atoms with E-state index in [9.17, 15) is 18.4 Å². The third-order valence-electron chi connectivity index (χ3n) is 4.31. The van der Waals surface area contributed by atoms with Crippen molar-refractivity contribution >= 4 is 35.0 Å². The number of hydrogen-bond donors (Lipinski definition) is 1. The Morgan fingerprint density at radius 1 is 1.25 bits per heavy atom. The lowest BCUT2D eigenvalue weighted by molar-refractivity contribution is -0.122. The molecule has 148 valence electrons. The average Bonchev–Trinajstić information content (AvgIpc) is 3.05. The van der Waals surface area contributed by atoms with Crippen LogP contribution in [0.15, 0.2) is 53.4 Å². The second-order valence-corrected chi connectivity index (χ2v) is 7.20. The molecule has 5 nitrogen and oxygen atoms in total. The van der Waals surface area contributed by atoms with Crippen LogP contribution in [0.2, 0.25) is 0 Å². The van der Waals surface area contributed by atoms with Gasteiger partial charge in [0.15, 0.2) is 0 Å². The topological polar surface area (TPSA) is 58.6 Å². The van der Waals surface area contributed by atoms with E-state index in [4.69, 9.17) is 4.74 Å². The van der Waals surface area contributed by atoms with E-state index < -0.39 is 11.7 Å². The first-order valence-corrected chi connectivity index (χ1v) is 9.74. The van der Waals surface area contributed by atoms with E-state index in [1.54, 1.807) is 36.4 Å². The zero-order valence-corrected chi connectivity index (χ0v) is 16.0. The number of carbonyl (C=O) groups excluding carboxylic acids is 2. The molecule has 1 aliphatic rings. The number of rotatable bonds is 7. The number of nitrogens with zero attached hydrogens (tertiary/aromatic N) is 1.